The molecule has 0 spiro atoms. The minimum Gasteiger partial charge on any atom is -0.497 e. The van der Waals surface area contributed by atoms with Crippen LogP contribution in [-0.2, 0) is 9.59 Å². The zero-order valence-corrected chi connectivity index (χ0v) is 18.1. The molecule has 158 valence electrons. The third-order valence-electron chi connectivity index (χ3n) is 5.62. The maximum absolute atomic E-state index is 13.3. The van der Waals surface area contributed by atoms with Crippen LogP contribution < -0.4 is 19.7 Å². The molecule has 7 nitrogen and oxygen atoms in total. The average Bonchev–Trinajstić information content (AvgIpc) is 3.14. The molecule has 2 aromatic carbocycles. The largest absolute Gasteiger partial charge is 0.497 e. The number of methoxy groups -OCH3 is 1. The highest BCUT2D eigenvalue weighted by Gasteiger charge is 2.57. The molecule has 9 heteroatoms. The molecule has 1 aromatic heterocycles. The number of aromatic nitrogens is 1. The standard InChI is InChI=1S/C22H18N2O5S2/c1-28-13-8-6-12(7-9-13)23-16(25)10-22-11-30-19-18(31-21(27)24-19)17(22)14-4-2-3-5-15(14)29-20(22)26/h2-9,17H,10-11H2,1H3,(H,23,25)(H,24,27)/t17-,22-/m1/s1. The topological polar surface area (TPSA) is 97.5 Å². The van der Waals surface area contributed by atoms with Crippen molar-refractivity contribution in [2.24, 2.45) is 5.41 Å². The average molecular weight is 455 g/mol. The van der Waals surface area contributed by atoms with Crippen molar-refractivity contribution in [1.29, 1.82) is 0 Å². The third-order valence-corrected chi connectivity index (χ3v) is 7.97. The first-order valence-corrected chi connectivity index (χ1v) is 11.4. The minimum atomic E-state index is -1.10. The third kappa shape index (κ3) is 3.34. The Hall–Kier alpha value is -3.04. The van der Waals surface area contributed by atoms with Crippen molar-refractivity contribution in [2.45, 2.75) is 17.4 Å². The van der Waals surface area contributed by atoms with Gasteiger partial charge in [-0.3, -0.25) is 14.4 Å². The van der Waals surface area contributed by atoms with Crippen LogP contribution in [0.4, 0.5) is 5.69 Å². The van der Waals surface area contributed by atoms with Gasteiger partial charge in [0.05, 0.1) is 17.6 Å². The first kappa shape index (κ1) is 19.9. The number of esters is 1. The summed E-state index contributed by atoms with van der Waals surface area (Å²) in [5.74, 6) is 0.330. The van der Waals surface area contributed by atoms with Gasteiger partial charge in [0.1, 0.15) is 11.5 Å². The van der Waals surface area contributed by atoms with Crippen molar-refractivity contribution in [3.8, 4) is 11.5 Å². The number of anilines is 1. The maximum atomic E-state index is 13.3. The number of para-hydroxylation sites is 1. The molecule has 2 N–H and O–H groups in total. The van der Waals surface area contributed by atoms with E-state index in [2.05, 4.69) is 10.3 Å². The summed E-state index contributed by atoms with van der Waals surface area (Å²) in [6.07, 6.45) is -0.0601. The molecule has 0 unspecified atom stereocenters. The summed E-state index contributed by atoms with van der Waals surface area (Å²) in [5.41, 5.74) is 0.322. The lowest BCUT2D eigenvalue weighted by molar-refractivity contribution is -0.149. The van der Waals surface area contributed by atoms with Gasteiger partial charge in [0, 0.05) is 34.2 Å². The van der Waals surface area contributed by atoms with Crippen LogP contribution in [0.3, 0.4) is 0 Å². The molecule has 0 saturated carbocycles. The quantitative estimate of drug-likeness (QED) is 0.462. The van der Waals surface area contributed by atoms with Crippen molar-refractivity contribution in [3.63, 3.8) is 0 Å². The fourth-order valence-electron chi connectivity index (χ4n) is 4.18. The van der Waals surface area contributed by atoms with Gasteiger partial charge in [-0.05, 0) is 30.3 Å². The number of amides is 1. The molecule has 5 rings (SSSR count). The number of rotatable bonds is 4. The molecule has 0 aliphatic carbocycles. The van der Waals surface area contributed by atoms with Gasteiger partial charge in [0.15, 0.2) is 0 Å². The first-order valence-electron chi connectivity index (χ1n) is 9.61. The van der Waals surface area contributed by atoms with E-state index in [1.54, 1.807) is 43.5 Å². The number of hydrogen-bond donors (Lipinski definition) is 2. The molecule has 3 heterocycles. The summed E-state index contributed by atoms with van der Waals surface area (Å²) in [5, 5.41) is 3.62. The van der Waals surface area contributed by atoms with Crippen molar-refractivity contribution in [2.75, 3.05) is 18.2 Å². The van der Waals surface area contributed by atoms with Crippen molar-refractivity contribution < 1.29 is 19.1 Å². The van der Waals surface area contributed by atoms with Gasteiger partial charge in [0.25, 0.3) is 0 Å². The number of ether oxygens (including phenoxy) is 2. The second kappa shape index (κ2) is 7.58. The van der Waals surface area contributed by atoms with E-state index in [1.807, 2.05) is 12.1 Å². The van der Waals surface area contributed by atoms with Crippen molar-refractivity contribution >= 4 is 40.7 Å². The van der Waals surface area contributed by atoms with Crippen LogP contribution in [0.1, 0.15) is 22.8 Å². The zero-order valence-electron chi connectivity index (χ0n) is 16.5. The lowest BCUT2D eigenvalue weighted by atomic mass is 9.68. The van der Waals surface area contributed by atoms with Crippen LogP contribution in [0.5, 0.6) is 11.5 Å². The fourth-order valence-corrected chi connectivity index (χ4v) is 6.73. The smallest absolute Gasteiger partial charge is 0.319 e. The number of fused-ring (bicyclic) bond motifs is 5. The summed E-state index contributed by atoms with van der Waals surface area (Å²) >= 11 is 2.47. The maximum Gasteiger partial charge on any atom is 0.319 e. The van der Waals surface area contributed by atoms with Gasteiger partial charge in [-0.25, -0.2) is 0 Å². The van der Waals surface area contributed by atoms with Gasteiger partial charge in [0.2, 0.25) is 5.91 Å². The van der Waals surface area contributed by atoms with Crippen LogP contribution in [-0.4, -0.2) is 29.7 Å². The first-order chi connectivity index (χ1) is 15.0. The number of thioether (sulfide) groups is 1. The second-order valence-electron chi connectivity index (χ2n) is 7.47. The van der Waals surface area contributed by atoms with Gasteiger partial charge < -0.3 is 19.8 Å². The highest BCUT2D eigenvalue weighted by Crippen LogP contribution is 2.58. The van der Waals surface area contributed by atoms with E-state index in [0.29, 0.717) is 22.9 Å². The van der Waals surface area contributed by atoms with E-state index >= 15 is 0 Å². The second-order valence-corrected chi connectivity index (χ2v) is 9.47. The summed E-state index contributed by atoms with van der Waals surface area (Å²) in [6.45, 7) is 0. The van der Waals surface area contributed by atoms with E-state index in [1.165, 1.54) is 11.8 Å². The number of carbonyl (C=O) groups is 2. The van der Waals surface area contributed by atoms with Crippen molar-refractivity contribution in [3.05, 3.63) is 68.6 Å². The predicted molar refractivity (Wildman–Crippen MR) is 118 cm³/mol. The molecule has 2 aliphatic heterocycles. The zero-order chi connectivity index (χ0) is 21.6. The summed E-state index contributed by atoms with van der Waals surface area (Å²) in [6, 6.07) is 14.3. The number of H-pyrrole nitrogens is 1. The van der Waals surface area contributed by atoms with Crippen LogP contribution >= 0.6 is 23.1 Å². The van der Waals surface area contributed by atoms with Crippen LogP contribution in [0, 0.1) is 5.41 Å². The van der Waals surface area contributed by atoms with Crippen molar-refractivity contribution in [1.82, 2.24) is 4.98 Å². The van der Waals surface area contributed by atoms with E-state index in [0.717, 1.165) is 26.8 Å². The molecule has 3 aromatic rings. The minimum absolute atomic E-state index is 0.0601. The number of benzene rings is 2. The molecular formula is C22H18N2O5S2. The Balaban J connectivity index is 1.53. The fraction of sp³-hybridized carbons (Fsp3) is 0.227. The Labute approximate surface area is 185 Å². The Morgan fingerprint density at radius 3 is 2.77 bits per heavy atom. The lowest BCUT2D eigenvalue weighted by Gasteiger charge is -2.44. The Bertz CT molecular complexity index is 1230. The molecule has 31 heavy (non-hydrogen) atoms. The summed E-state index contributed by atoms with van der Waals surface area (Å²) in [7, 11) is 1.57. The summed E-state index contributed by atoms with van der Waals surface area (Å²) in [4.78, 5) is 41.9. The van der Waals surface area contributed by atoms with Crippen LogP contribution in [0.2, 0.25) is 0 Å². The van der Waals surface area contributed by atoms with Gasteiger partial charge in [-0.15, -0.1) is 11.8 Å². The molecule has 2 aliphatic rings. The summed E-state index contributed by atoms with van der Waals surface area (Å²) < 4.78 is 10.8. The van der Waals surface area contributed by atoms with Crippen LogP contribution in [0.15, 0.2) is 58.4 Å². The Kier molecular flexibility index (Phi) is 4.86. The number of aromatic amines is 1. The molecule has 0 radical (unpaired) electrons. The molecule has 2 atom stereocenters. The van der Waals surface area contributed by atoms with Gasteiger partial charge in [-0.1, -0.05) is 29.5 Å². The predicted octanol–water partition coefficient (Wildman–Crippen LogP) is 3.62. The molecule has 0 fully saturated rings. The van der Waals surface area contributed by atoms with Crippen LogP contribution in [0.25, 0.3) is 0 Å². The van der Waals surface area contributed by atoms with Gasteiger partial charge >= 0.3 is 10.8 Å². The van der Waals surface area contributed by atoms with E-state index in [-0.39, 0.29) is 17.2 Å². The number of carbonyl (C=O) groups excluding carboxylic acids is 2. The molecule has 1 amide bonds. The molecular weight excluding hydrogens is 436 g/mol. The highest BCUT2D eigenvalue weighted by molar-refractivity contribution is 7.99. The van der Waals surface area contributed by atoms with E-state index in [9.17, 15) is 14.4 Å². The van der Waals surface area contributed by atoms with Gasteiger partial charge in [-0.2, -0.15) is 0 Å². The number of hydrogen-bond acceptors (Lipinski definition) is 7. The number of thiazole rings is 1. The lowest BCUT2D eigenvalue weighted by Crippen LogP contribution is -2.49. The molecule has 0 saturated heterocycles. The normalized spacial score (nSPS) is 21.3. The highest BCUT2D eigenvalue weighted by atomic mass is 32.2. The van der Waals surface area contributed by atoms with E-state index in [4.69, 9.17) is 9.47 Å². The molecule has 0 bridgehead atoms. The number of nitrogens with one attached hydrogen (secondary N) is 2. The SMILES string of the molecule is COc1ccc(NC(=O)C[C@@]23CSc4[nH]c(=O)sc4[C@H]2c2ccccc2OC3=O)cc1. The van der Waals surface area contributed by atoms with E-state index < -0.39 is 17.3 Å². The monoisotopic (exact) mass is 454 g/mol. The Morgan fingerprint density at radius 1 is 1.23 bits per heavy atom. The Morgan fingerprint density at radius 2 is 2.00 bits per heavy atom.